The highest BCUT2D eigenvalue weighted by molar-refractivity contribution is 5.94. The zero-order valence-electron chi connectivity index (χ0n) is 11.0. The summed E-state index contributed by atoms with van der Waals surface area (Å²) in [5.41, 5.74) is 5.53. The Morgan fingerprint density at radius 3 is 2.55 bits per heavy atom. The molecule has 6 nitrogen and oxygen atoms in total. The molecule has 1 amide bonds. The Balaban J connectivity index is 1.94. The van der Waals surface area contributed by atoms with E-state index < -0.39 is 5.82 Å². The first kappa shape index (κ1) is 14.3. The van der Waals surface area contributed by atoms with Gasteiger partial charge in [0.15, 0.2) is 5.84 Å². The second kappa shape index (κ2) is 6.33. The fourth-order valence-corrected chi connectivity index (χ4v) is 2.17. The number of halogens is 1. The number of nitrogens with two attached hydrogens (primary N) is 1. The third-order valence-electron chi connectivity index (χ3n) is 3.28. The largest absolute Gasteiger partial charge is 0.409 e. The molecular formula is C13H17FN4O2. The summed E-state index contributed by atoms with van der Waals surface area (Å²) in [7, 11) is 0. The van der Waals surface area contributed by atoms with Gasteiger partial charge in [-0.3, -0.25) is 9.69 Å². The molecule has 1 aliphatic rings. The molecular weight excluding hydrogens is 263 g/mol. The first-order valence-corrected chi connectivity index (χ1v) is 6.34. The summed E-state index contributed by atoms with van der Waals surface area (Å²) in [6, 6.07) is 5.97. The average molecular weight is 280 g/mol. The van der Waals surface area contributed by atoms with Gasteiger partial charge in [-0.2, -0.15) is 0 Å². The summed E-state index contributed by atoms with van der Waals surface area (Å²) in [5.74, 6) is -0.665. The topological polar surface area (TPSA) is 82.2 Å². The first-order chi connectivity index (χ1) is 9.61. The lowest BCUT2D eigenvalue weighted by molar-refractivity contribution is 0.0648. The summed E-state index contributed by atoms with van der Waals surface area (Å²) in [4.78, 5) is 15.8. The highest BCUT2D eigenvalue weighted by atomic mass is 19.1. The molecule has 7 heteroatoms. The van der Waals surface area contributed by atoms with Gasteiger partial charge in [-0.25, -0.2) is 4.39 Å². The van der Waals surface area contributed by atoms with Crippen molar-refractivity contribution in [3.05, 3.63) is 35.6 Å². The Morgan fingerprint density at radius 2 is 1.95 bits per heavy atom. The minimum Gasteiger partial charge on any atom is -0.409 e. The van der Waals surface area contributed by atoms with Crippen LogP contribution in [0.4, 0.5) is 4.39 Å². The van der Waals surface area contributed by atoms with Gasteiger partial charge in [0, 0.05) is 26.2 Å². The van der Waals surface area contributed by atoms with Gasteiger partial charge < -0.3 is 15.8 Å². The second-order valence-corrected chi connectivity index (χ2v) is 4.64. The van der Waals surface area contributed by atoms with E-state index in [0.717, 1.165) is 0 Å². The van der Waals surface area contributed by atoms with Gasteiger partial charge in [0.2, 0.25) is 0 Å². The summed E-state index contributed by atoms with van der Waals surface area (Å²) in [6.07, 6.45) is 0. The van der Waals surface area contributed by atoms with Crippen molar-refractivity contribution < 1.29 is 14.4 Å². The lowest BCUT2D eigenvalue weighted by Crippen LogP contribution is -2.50. The predicted molar refractivity (Wildman–Crippen MR) is 72.2 cm³/mol. The van der Waals surface area contributed by atoms with E-state index in [9.17, 15) is 9.18 Å². The Kier molecular flexibility index (Phi) is 4.52. The van der Waals surface area contributed by atoms with E-state index in [0.29, 0.717) is 32.7 Å². The lowest BCUT2D eigenvalue weighted by atomic mass is 10.1. The molecule has 1 aromatic carbocycles. The number of amidine groups is 1. The fourth-order valence-electron chi connectivity index (χ4n) is 2.17. The SMILES string of the molecule is NC(CN1CCN(C(=O)c2ccccc2F)CC1)=NO. The molecule has 0 spiro atoms. The van der Waals surface area contributed by atoms with Crippen LogP contribution >= 0.6 is 0 Å². The number of nitrogens with zero attached hydrogens (tertiary/aromatic N) is 3. The Morgan fingerprint density at radius 1 is 1.30 bits per heavy atom. The van der Waals surface area contributed by atoms with E-state index in [2.05, 4.69) is 5.16 Å². The van der Waals surface area contributed by atoms with Gasteiger partial charge in [-0.15, -0.1) is 0 Å². The summed E-state index contributed by atoms with van der Waals surface area (Å²) in [6.45, 7) is 2.56. The van der Waals surface area contributed by atoms with Crippen LogP contribution in [0, 0.1) is 5.82 Å². The van der Waals surface area contributed by atoms with Crippen LogP contribution in [0.15, 0.2) is 29.4 Å². The van der Waals surface area contributed by atoms with E-state index in [-0.39, 0.29) is 17.3 Å². The number of carbonyl (C=O) groups excluding carboxylic acids is 1. The molecule has 0 saturated carbocycles. The quantitative estimate of drug-likeness (QED) is 0.362. The Labute approximate surface area is 116 Å². The number of piperazine rings is 1. The minimum absolute atomic E-state index is 0.0948. The molecule has 0 aromatic heterocycles. The highest BCUT2D eigenvalue weighted by Gasteiger charge is 2.24. The normalized spacial score (nSPS) is 17.2. The van der Waals surface area contributed by atoms with Crippen LogP contribution in [-0.4, -0.2) is 59.5 Å². The predicted octanol–water partition coefficient (Wildman–Crippen LogP) is 0.330. The van der Waals surface area contributed by atoms with Crippen LogP contribution in [0.1, 0.15) is 10.4 Å². The molecule has 1 aromatic rings. The van der Waals surface area contributed by atoms with E-state index in [1.165, 1.54) is 12.1 Å². The molecule has 108 valence electrons. The lowest BCUT2D eigenvalue weighted by Gasteiger charge is -2.34. The van der Waals surface area contributed by atoms with Gasteiger partial charge in [0.25, 0.3) is 5.91 Å². The van der Waals surface area contributed by atoms with Gasteiger partial charge in [0.05, 0.1) is 12.1 Å². The molecule has 0 atom stereocenters. The van der Waals surface area contributed by atoms with E-state index in [1.54, 1.807) is 17.0 Å². The highest BCUT2D eigenvalue weighted by Crippen LogP contribution is 2.12. The van der Waals surface area contributed by atoms with Crippen molar-refractivity contribution in [2.75, 3.05) is 32.7 Å². The van der Waals surface area contributed by atoms with Crippen molar-refractivity contribution in [1.82, 2.24) is 9.80 Å². The molecule has 0 unspecified atom stereocenters. The summed E-state index contributed by atoms with van der Waals surface area (Å²) >= 11 is 0. The third-order valence-corrected chi connectivity index (χ3v) is 3.28. The number of hydrogen-bond acceptors (Lipinski definition) is 4. The molecule has 0 bridgehead atoms. The maximum atomic E-state index is 13.6. The van der Waals surface area contributed by atoms with Crippen LogP contribution < -0.4 is 5.73 Å². The van der Waals surface area contributed by atoms with Gasteiger partial charge >= 0.3 is 0 Å². The Hall–Kier alpha value is -2.15. The summed E-state index contributed by atoms with van der Waals surface area (Å²) < 4.78 is 13.6. The molecule has 0 radical (unpaired) electrons. The molecule has 2 rings (SSSR count). The molecule has 1 fully saturated rings. The number of rotatable bonds is 3. The number of carbonyl (C=O) groups is 1. The minimum atomic E-state index is -0.503. The zero-order valence-corrected chi connectivity index (χ0v) is 11.0. The maximum absolute atomic E-state index is 13.6. The van der Waals surface area contributed by atoms with Crippen molar-refractivity contribution in [3.8, 4) is 0 Å². The zero-order chi connectivity index (χ0) is 14.5. The van der Waals surface area contributed by atoms with Gasteiger partial charge in [-0.05, 0) is 12.1 Å². The monoisotopic (exact) mass is 280 g/mol. The van der Waals surface area contributed by atoms with Crippen molar-refractivity contribution in [2.24, 2.45) is 10.9 Å². The fraction of sp³-hybridized carbons (Fsp3) is 0.385. The second-order valence-electron chi connectivity index (χ2n) is 4.64. The van der Waals surface area contributed by atoms with E-state index >= 15 is 0 Å². The van der Waals surface area contributed by atoms with E-state index in [1.807, 2.05) is 4.90 Å². The van der Waals surface area contributed by atoms with Gasteiger partial charge in [0.1, 0.15) is 5.82 Å². The van der Waals surface area contributed by atoms with Gasteiger partial charge in [-0.1, -0.05) is 17.3 Å². The third kappa shape index (κ3) is 3.24. The van der Waals surface area contributed by atoms with Crippen LogP contribution in [0.2, 0.25) is 0 Å². The number of oxime groups is 1. The number of hydrogen-bond donors (Lipinski definition) is 2. The molecule has 20 heavy (non-hydrogen) atoms. The number of benzene rings is 1. The van der Waals surface area contributed by atoms with Crippen molar-refractivity contribution in [3.63, 3.8) is 0 Å². The molecule has 1 heterocycles. The summed E-state index contributed by atoms with van der Waals surface area (Å²) in [5, 5.41) is 11.4. The maximum Gasteiger partial charge on any atom is 0.256 e. The molecule has 1 saturated heterocycles. The van der Waals surface area contributed by atoms with E-state index in [4.69, 9.17) is 10.9 Å². The first-order valence-electron chi connectivity index (χ1n) is 6.34. The van der Waals surface area contributed by atoms with Crippen molar-refractivity contribution >= 4 is 11.7 Å². The molecule has 3 N–H and O–H groups in total. The Bertz CT molecular complexity index is 513. The van der Waals surface area contributed by atoms with Crippen LogP contribution in [-0.2, 0) is 0 Å². The average Bonchev–Trinajstić information content (AvgIpc) is 2.47. The smallest absolute Gasteiger partial charge is 0.256 e. The van der Waals surface area contributed by atoms with Crippen molar-refractivity contribution in [2.45, 2.75) is 0 Å². The van der Waals surface area contributed by atoms with Crippen LogP contribution in [0.5, 0.6) is 0 Å². The number of amides is 1. The van der Waals surface area contributed by atoms with Crippen LogP contribution in [0.25, 0.3) is 0 Å². The van der Waals surface area contributed by atoms with Crippen LogP contribution in [0.3, 0.4) is 0 Å². The standard InChI is InChI=1S/C13H17FN4O2/c14-11-4-2-1-3-10(11)13(19)18-7-5-17(6-8-18)9-12(15)16-20/h1-4,20H,5-9H2,(H2,15,16). The molecule has 1 aliphatic heterocycles. The van der Waals surface area contributed by atoms with Crippen molar-refractivity contribution in [1.29, 1.82) is 0 Å². The molecule has 0 aliphatic carbocycles.